The summed E-state index contributed by atoms with van der Waals surface area (Å²) in [6.45, 7) is 1.89. The molecule has 1 atom stereocenters. The Balaban J connectivity index is 2.28. The molecule has 4 amide bonds. The van der Waals surface area contributed by atoms with Gasteiger partial charge in [0.05, 0.1) is 6.10 Å². The molecule has 2 N–H and O–H groups in total. The predicted octanol–water partition coefficient (Wildman–Crippen LogP) is -0.842. The lowest BCUT2D eigenvalue weighted by molar-refractivity contribution is -0.130. The van der Waals surface area contributed by atoms with Gasteiger partial charge >= 0.3 is 6.03 Å². The summed E-state index contributed by atoms with van der Waals surface area (Å²) < 4.78 is 0. The van der Waals surface area contributed by atoms with Crippen LogP contribution in [0.2, 0.25) is 0 Å². The Morgan fingerprint density at radius 2 is 2.17 bits per heavy atom. The maximum Gasteiger partial charge on any atom is 0.327 e. The number of imide groups is 1. The van der Waals surface area contributed by atoms with Gasteiger partial charge in [0.2, 0.25) is 5.91 Å². The van der Waals surface area contributed by atoms with Crippen molar-refractivity contribution < 1.29 is 19.5 Å². The van der Waals surface area contributed by atoms with Crippen LogP contribution in [0.4, 0.5) is 4.79 Å². The fraction of sp³-hybridized carbons (Fsp3) is 0.727. The minimum Gasteiger partial charge on any atom is -0.393 e. The van der Waals surface area contributed by atoms with E-state index in [0.29, 0.717) is 19.4 Å². The summed E-state index contributed by atoms with van der Waals surface area (Å²) >= 11 is 0. The van der Waals surface area contributed by atoms with Crippen molar-refractivity contribution >= 4 is 17.8 Å². The number of aliphatic hydroxyl groups is 1. The van der Waals surface area contributed by atoms with E-state index in [0.717, 1.165) is 4.90 Å². The van der Waals surface area contributed by atoms with E-state index in [1.807, 2.05) is 0 Å². The lowest BCUT2D eigenvalue weighted by Gasteiger charge is -2.13. The van der Waals surface area contributed by atoms with Gasteiger partial charge in [-0.05, 0) is 19.8 Å². The van der Waals surface area contributed by atoms with Crippen LogP contribution in [0.25, 0.3) is 0 Å². The molecular formula is C11H19N3O4. The number of amides is 4. The summed E-state index contributed by atoms with van der Waals surface area (Å²) in [6.07, 6.45) is 0.868. The van der Waals surface area contributed by atoms with Crippen molar-refractivity contribution in [3.05, 3.63) is 0 Å². The number of likely N-dealkylation sites (N-methyl/N-ethyl adjacent to an activating group) is 1. The molecule has 1 rings (SSSR count). The van der Waals surface area contributed by atoms with Gasteiger partial charge in [0.15, 0.2) is 0 Å². The summed E-state index contributed by atoms with van der Waals surface area (Å²) in [5.41, 5.74) is 0. The number of carbonyl (C=O) groups excluding carboxylic acids is 3. The van der Waals surface area contributed by atoms with Gasteiger partial charge in [-0.25, -0.2) is 4.79 Å². The van der Waals surface area contributed by atoms with Gasteiger partial charge in [0.1, 0.15) is 13.1 Å². The van der Waals surface area contributed by atoms with Crippen molar-refractivity contribution in [2.75, 3.05) is 26.7 Å². The van der Waals surface area contributed by atoms with Crippen molar-refractivity contribution in [1.82, 2.24) is 15.1 Å². The van der Waals surface area contributed by atoms with Crippen LogP contribution in [-0.2, 0) is 9.59 Å². The highest BCUT2D eigenvalue weighted by Crippen LogP contribution is 2.06. The highest BCUT2D eigenvalue weighted by molar-refractivity contribution is 6.04. The van der Waals surface area contributed by atoms with Crippen LogP contribution in [0.1, 0.15) is 19.8 Å². The second kappa shape index (κ2) is 6.34. The molecular weight excluding hydrogens is 238 g/mol. The number of hydrogen-bond acceptors (Lipinski definition) is 4. The van der Waals surface area contributed by atoms with Gasteiger partial charge in [-0.3, -0.25) is 14.5 Å². The molecule has 1 saturated heterocycles. The molecule has 7 heteroatoms. The first kappa shape index (κ1) is 14.4. The number of nitrogens with one attached hydrogen (secondary N) is 1. The molecule has 1 fully saturated rings. The van der Waals surface area contributed by atoms with Crippen LogP contribution >= 0.6 is 0 Å². The molecule has 0 spiro atoms. The third-order valence-electron chi connectivity index (χ3n) is 2.65. The first-order valence-electron chi connectivity index (χ1n) is 5.92. The lowest BCUT2D eigenvalue weighted by Crippen LogP contribution is -2.41. The number of hydrogen-bond donors (Lipinski definition) is 2. The minimum absolute atomic E-state index is 0.0220. The summed E-state index contributed by atoms with van der Waals surface area (Å²) in [6, 6.07) is -0.445. The highest BCUT2D eigenvalue weighted by Gasteiger charge is 2.34. The van der Waals surface area contributed by atoms with Crippen molar-refractivity contribution in [3.8, 4) is 0 Å². The number of aliphatic hydroxyl groups excluding tert-OH is 1. The lowest BCUT2D eigenvalue weighted by atomic mass is 10.2. The van der Waals surface area contributed by atoms with E-state index in [4.69, 9.17) is 5.11 Å². The molecule has 0 aromatic heterocycles. The molecule has 7 nitrogen and oxygen atoms in total. The molecule has 1 aliphatic heterocycles. The third-order valence-corrected chi connectivity index (χ3v) is 2.65. The molecule has 1 unspecified atom stereocenters. The average Bonchev–Trinajstić information content (AvgIpc) is 2.51. The van der Waals surface area contributed by atoms with Crippen LogP contribution in [0.5, 0.6) is 0 Å². The zero-order valence-corrected chi connectivity index (χ0v) is 10.7. The Bertz CT molecular complexity index is 343. The van der Waals surface area contributed by atoms with E-state index in [2.05, 4.69) is 5.32 Å². The second-order valence-electron chi connectivity index (χ2n) is 4.46. The molecule has 0 radical (unpaired) electrons. The van der Waals surface area contributed by atoms with Crippen LogP contribution in [0, 0.1) is 0 Å². The first-order valence-corrected chi connectivity index (χ1v) is 5.92. The summed E-state index contributed by atoms with van der Waals surface area (Å²) in [5.74, 6) is -0.723. The fourth-order valence-corrected chi connectivity index (χ4v) is 1.65. The second-order valence-corrected chi connectivity index (χ2v) is 4.46. The Kier molecular flexibility index (Phi) is 5.08. The summed E-state index contributed by atoms with van der Waals surface area (Å²) in [7, 11) is 1.51. The Hall–Kier alpha value is -1.63. The van der Waals surface area contributed by atoms with Gasteiger partial charge in [0.25, 0.3) is 5.91 Å². The minimum atomic E-state index is -0.445. The molecule has 1 aliphatic rings. The molecule has 102 valence electrons. The third kappa shape index (κ3) is 3.99. The average molecular weight is 257 g/mol. The highest BCUT2D eigenvalue weighted by atomic mass is 16.3. The van der Waals surface area contributed by atoms with Gasteiger partial charge < -0.3 is 15.3 Å². The summed E-state index contributed by atoms with van der Waals surface area (Å²) in [4.78, 5) is 36.6. The Morgan fingerprint density at radius 3 is 2.67 bits per heavy atom. The van der Waals surface area contributed by atoms with Crippen LogP contribution in [0.15, 0.2) is 0 Å². The van der Waals surface area contributed by atoms with Crippen LogP contribution in [-0.4, -0.2) is 65.5 Å². The predicted molar refractivity (Wildman–Crippen MR) is 63.7 cm³/mol. The fourth-order valence-electron chi connectivity index (χ4n) is 1.65. The topological polar surface area (TPSA) is 89.9 Å². The summed E-state index contributed by atoms with van der Waals surface area (Å²) in [5, 5.41) is 11.6. The van der Waals surface area contributed by atoms with Gasteiger partial charge in [-0.1, -0.05) is 0 Å². The van der Waals surface area contributed by atoms with E-state index in [-0.39, 0.29) is 24.9 Å². The van der Waals surface area contributed by atoms with Crippen molar-refractivity contribution in [2.45, 2.75) is 25.9 Å². The van der Waals surface area contributed by atoms with E-state index >= 15 is 0 Å². The standard InChI is InChI=1S/C11H19N3O4/c1-8(15)4-3-5-12-9(16)6-14-10(17)7-13(2)11(14)18/h8,15H,3-7H2,1-2H3,(H,12,16). The largest absolute Gasteiger partial charge is 0.393 e. The number of urea groups is 1. The quantitative estimate of drug-likeness (QED) is 0.479. The van der Waals surface area contributed by atoms with Crippen LogP contribution in [0.3, 0.4) is 0 Å². The van der Waals surface area contributed by atoms with E-state index in [1.165, 1.54) is 11.9 Å². The van der Waals surface area contributed by atoms with E-state index in [9.17, 15) is 14.4 Å². The first-order chi connectivity index (χ1) is 8.41. The van der Waals surface area contributed by atoms with Crippen LogP contribution < -0.4 is 5.32 Å². The molecule has 0 bridgehead atoms. The molecule has 0 aliphatic carbocycles. The SMILES string of the molecule is CC(O)CCCNC(=O)CN1C(=O)CN(C)C1=O. The molecule has 0 saturated carbocycles. The van der Waals surface area contributed by atoms with Gasteiger partial charge in [-0.2, -0.15) is 0 Å². The van der Waals surface area contributed by atoms with Crippen molar-refractivity contribution in [1.29, 1.82) is 0 Å². The molecule has 0 aromatic rings. The molecule has 1 heterocycles. The smallest absolute Gasteiger partial charge is 0.327 e. The van der Waals surface area contributed by atoms with Crippen molar-refractivity contribution in [2.24, 2.45) is 0 Å². The molecule has 18 heavy (non-hydrogen) atoms. The number of carbonyl (C=O) groups is 3. The zero-order valence-electron chi connectivity index (χ0n) is 10.7. The van der Waals surface area contributed by atoms with Gasteiger partial charge in [-0.15, -0.1) is 0 Å². The van der Waals surface area contributed by atoms with Gasteiger partial charge in [0, 0.05) is 13.6 Å². The number of nitrogens with zero attached hydrogens (tertiary/aromatic N) is 2. The Labute approximate surface area is 106 Å². The zero-order chi connectivity index (χ0) is 13.7. The monoisotopic (exact) mass is 257 g/mol. The number of rotatable bonds is 6. The van der Waals surface area contributed by atoms with Crippen molar-refractivity contribution in [3.63, 3.8) is 0 Å². The van der Waals surface area contributed by atoms with E-state index < -0.39 is 12.1 Å². The maximum atomic E-state index is 11.5. The Morgan fingerprint density at radius 1 is 1.50 bits per heavy atom. The normalized spacial score (nSPS) is 17.3. The van der Waals surface area contributed by atoms with E-state index in [1.54, 1.807) is 6.92 Å². The maximum absolute atomic E-state index is 11.5. The molecule has 0 aromatic carbocycles.